The van der Waals surface area contributed by atoms with Gasteiger partial charge in [0.05, 0.1) is 11.7 Å². The van der Waals surface area contributed by atoms with Gasteiger partial charge in [-0.2, -0.15) is 0 Å². The van der Waals surface area contributed by atoms with Crippen molar-refractivity contribution in [3.8, 4) is 0 Å². The fourth-order valence-corrected chi connectivity index (χ4v) is 2.47. The second kappa shape index (κ2) is 6.15. The average Bonchev–Trinajstić information content (AvgIpc) is 2.41. The van der Waals surface area contributed by atoms with Crippen LogP contribution in [0.3, 0.4) is 0 Å². The number of rotatable bonds is 3. The van der Waals surface area contributed by atoms with Gasteiger partial charge in [0, 0.05) is 19.7 Å². The Labute approximate surface area is 113 Å². The lowest BCUT2D eigenvalue weighted by atomic mass is 10.1. The molecule has 1 unspecified atom stereocenters. The molecular formula is C15H20FNO2. The summed E-state index contributed by atoms with van der Waals surface area (Å²) in [5.41, 5.74) is 1.06. The predicted molar refractivity (Wildman–Crippen MR) is 71.7 cm³/mol. The van der Waals surface area contributed by atoms with E-state index < -0.39 is 5.82 Å². The highest BCUT2D eigenvalue weighted by Crippen LogP contribution is 2.18. The van der Waals surface area contributed by atoms with E-state index in [1.54, 1.807) is 17.0 Å². The third-order valence-electron chi connectivity index (χ3n) is 3.42. The Morgan fingerprint density at radius 1 is 1.53 bits per heavy atom. The minimum atomic E-state index is -0.450. The van der Waals surface area contributed by atoms with Gasteiger partial charge in [-0.1, -0.05) is 11.6 Å². The van der Waals surface area contributed by atoms with Crippen molar-refractivity contribution in [2.24, 2.45) is 0 Å². The first kappa shape index (κ1) is 14.0. The van der Waals surface area contributed by atoms with Gasteiger partial charge in [-0.25, -0.2) is 4.39 Å². The molecule has 0 saturated carbocycles. The summed E-state index contributed by atoms with van der Waals surface area (Å²) in [7, 11) is 0. The van der Waals surface area contributed by atoms with Gasteiger partial charge < -0.3 is 9.64 Å². The summed E-state index contributed by atoms with van der Waals surface area (Å²) in [5.74, 6) is -0.681. The molecule has 0 aliphatic carbocycles. The molecule has 0 bridgehead atoms. The monoisotopic (exact) mass is 265 g/mol. The van der Waals surface area contributed by atoms with E-state index in [1.165, 1.54) is 6.07 Å². The second-order valence-electron chi connectivity index (χ2n) is 4.95. The maximum atomic E-state index is 13.7. The Morgan fingerprint density at radius 3 is 3.05 bits per heavy atom. The van der Waals surface area contributed by atoms with Gasteiger partial charge in [-0.3, -0.25) is 4.79 Å². The Balaban J connectivity index is 2.12. The van der Waals surface area contributed by atoms with Crippen molar-refractivity contribution in [2.75, 3.05) is 19.7 Å². The summed E-state index contributed by atoms with van der Waals surface area (Å²) in [6.45, 7) is 5.68. The molecule has 2 rings (SSSR count). The zero-order valence-electron chi connectivity index (χ0n) is 11.5. The summed E-state index contributed by atoms with van der Waals surface area (Å²) < 4.78 is 19.3. The van der Waals surface area contributed by atoms with Crippen LogP contribution in [0.2, 0.25) is 0 Å². The van der Waals surface area contributed by atoms with Crippen LogP contribution in [0.4, 0.5) is 4.39 Å². The lowest BCUT2D eigenvalue weighted by Gasteiger charge is -2.32. The number of aryl methyl sites for hydroxylation is 1. The fraction of sp³-hybridized carbons (Fsp3) is 0.533. The Morgan fingerprint density at radius 2 is 2.32 bits per heavy atom. The van der Waals surface area contributed by atoms with Crippen molar-refractivity contribution in [3.63, 3.8) is 0 Å². The number of piperidine rings is 1. The number of likely N-dealkylation sites (tertiary alicyclic amines) is 1. The molecule has 1 fully saturated rings. The van der Waals surface area contributed by atoms with Crippen molar-refractivity contribution in [1.82, 2.24) is 4.90 Å². The highest BCUT2D eigenvalue weighted by Gasteiger charge is 2.26. The Hall–Kier alpha value is -1.42. The van der Waals surface area contributed by atoms with Gasteiger partial charge in [-0.05, 0) is 38.8 Å². The average molecular weight is 265 g/mol. The van der Waals surface area contributed by atoms with E-state index in [4.69, 9.17) is 4.74 Å². The molecule has 1 aliphatic heterocycles. The van der Waals surface area contributed by atoms with Crippen molar-refractivity contribution in [1.29, 1.82) is 0 Å². The number of carbonyl (C=O) groups excluding carboxylic acids is 1. The number of amides is 1. The van der Waals surface area contributed by atoms with Crippen LogP contribution in [0, 0.1) is 12.7 Å². The first-order valence-corrected chi connectivity index (χ1v) is 6.79. The largest absolute Gasteiger partial charge is 0.377 e. The van der Waals surface area contributed by atoms with E-state index in [9.17, 15) is 9.18 Å². The number of carbonyl (C=O) groups is 1. The van der Waals surface area contributed by atoms with Crippen molar-refractivity contribution >= 4 is 5.91 Å². The van der Waals surface area contributed by atoms with E-state index in [1.807, 2.05) is 13.8 Å². The minimum absolute atomic E-state index is 0.0792. The quantitative estimate of drug-likeness (QED) is 0.841. The molecule has 1 aliphatic rings. The lowest BCUT2D eigenvalue weighted by molar-refractivity contribution is 0.00707. The van der Waals surface area contributed by atoms with Crippen LogP contribution in [0.5, 0.6) is 0 Å². The molecule has 3 nitrogen and oxygen atoms in total. The van der Waals surface area contributed by atoms with Crippen LogP contribution in [0.1, 0.15) is 35.7 Å². The maximum Gasteiger partial charge on any atom is 0.256 e. The van der Waals surface area contributed by atoms with Gasteiger partial charge in [0.2, 0.25) is 0 Å². The predicted octanol–water partition coefficient (Wildman–Crippen LogP) is 2.78. The lowest BCUT2D eigenvalue weighted by Crippen LogP contribution is -2.43. The molecule has 1 aromatic carbocycles. The second-order valence-corrected chi connectivity index (χ2v) is 4.95. The highest BCUT2D eigenvalue weighted by atomic mass is 19.1. The van der Waals surface area contributed by atoms with Crippen LogP contribution < -0.4 is 0 Å². The molecule has 1 aromatic rings. The van der Waals surface area contributed by atoms with Crippen LogP contribution in [0.25, 0.3) is 0 Å². The van der Waals surface area contributed by atoms with E-state index in [0.29, 0.717) is 19.7 Å². The molecule has 4 heteroatoms. The zero-order valence-corrected chi connectivity index (χ0v) is 11.5. The third-order valence-corrected chi connectivity index (χ3v) is 3.42. The first-order valence-electron chi connectivity index (χ1n) is 6.79. The molecular weight excluding hydrogens is 245 g/mol. The normalized spacial score (nSPS) is 19.5. The molecule has 19 heavy (non-hydrogen) atoms. The van der Waals surface area contributed by atoms with Crippen molar-refractivity contribution in [2.45, 2.75) is 32.8 Å². The van der Waals surface area contributed by atoms with E-state index in [2.05, 4.69) is 0 Å². The Kier molecular flexibility index (Phi) is 4.53. The maximum absolute atomic E-state index is 13.7. The molecule has 1 heterocycles. The van der Waals surface area contributed by atoms with Gasteiger partial charge >= 0.3 is 0 Å². The zero-order chi connectivity index (χ0) is 13.8. The van der Waals surface area contributed by atoms with Crippen LogP contribution >= 0.6 is 0 Å². The Bertz CT molecular complexity index is 459. The van der Waals surface area contributed by atoms with E-state index in [-0.39, 0.29) is 17.6 Å². The molecule has 0 aromatic heterocycles. The summed E-state index contributed by atoms with van der Waals surface area (Å²) >= 11 is 0. The molecule has 104 valence electrons. The van der Waals surface area contributed by atoms with Crippen molar-refractivity contribution in [3.05, 3.63) is 35.1 Å². The van der Waals surface area contributed by atoms with E-state index >= 15 is 0 Å². The molecule has 0 N–H and O–H groups in total. The molecule has 1 atom stereocenters. The summed E-state index contributed by atoms with van der Waals surface area (Å²) in [6, 6.07) is 4.64. The smallest absolute Gasteiger partial charge is 0.256 e. The van der Waals surface area contributed by atoms with Crippen LogP contribution in [-0.4, -0.2) is 36.6 Å². The van der Waals surface area contributed by atoms with Crippen LogP contribution in [0.15, 0.2) is 18.2 Å². The molecule has 0 radical (unpaired) electrons. The summed E-state index contributed by atoms with van der Waals surface area (Å²) in [4.78, 5) is 14.0. The third kappa shape index (κ3) is 3.32. The summed E-state index contributed by atoms with van der Waals surface area (Å²) in [6.07, 6.45) is 1.95. The topological polar surface area (TPSA) is 29.5 Å². The number of halogens is 1. The van der Waals surface area contributed by atoms with Crippen LogP contribution in [-0.2, 0) is 4.74 Å². The van der Waals surface area contributed by atoms with E-state index in [0.717, 1.165) is 18.4 Å². The van der Waals surface area contributed by atoms with Gasteiger partial charge in [-0.15, -0.1) is 0 Å². The van der Waals surface area contributed by atoms with Crippen molar-refractivity contribution < 1.29 is 13.9 Å². The van der Waals surface area contributed by atoms with Gasteiger partial charge in [0.25, 0.3) is 5.91 Å². The molecule has 1 amide bonds. The number of ether oxygens (including phenoxy) is 1. The summed E-state index contributed by atoms with van der Waals surface area (Å²) in [5, 5.41) is 0. The first-order chi connectivity index (χ1) is 9.11. The number of hydrogen-bond acceptors (Lipinski definition) is 2. The minimum Gasteiger partial charge on any atom is -0.377 e. The standard InChI is InChI=1S/C15H20FNO2/c1-3-19-12-5-4-8-17(10-12)15(18)13-9-11(2)6-7-14(13)16/h6-7,9,12H,3-5,8,10H2,1-2H3. The fourth-order valence-electron chi connectivity index (χ4n) is 2.47. The number of benzene rings is 1. The number of hydrogen-bond donors (Lipinski definition) is 0. The highest BCUT2D eigenvalue weighted by molar-refractivity contribution is 5.94. The molecule has 0 spiro atoms. The SMILES string of the molecule is CCOC1CCCN(C(=O)c2cc(C)ccc2F)C1. The number of nitrogens with zero attached hydrogens (tertiary/aromatic N) is 1. The molecule has 1 saturated heterocycles. The van der Waals surface area contributed by atoms with Gasteiger partial charge in [0.15, 0.2) is 0 Å². The van der Waals surface area contributed by atoms with Gasteiger partial charge in [0.1, 0.15) is 5.82 Å².